The van der Waals surface area contributed by atoms with Gasteiger partial charge in [-0.25, -0.2) is 0 Å². The molecule has 0 fully saturated rings. The number of halogens is 1. The largest absolute Gasteiger partial charge is 0.373 e. The minimum absolute atomic E-state index is 0.0139. The van der Waals surface area contributed by atoms with Gasteiger partial charge in [0.15, 0.2) is 5.78 Å². The average molecular weight is 209 g/mol. The van der Waals surface area contributed by atoms with Gasteiger partial charge < -0.3 is 4.74 Å². The molecule has 0 radical (unpaired) electrons. The summed E-state index contributed by atoms with van der Waals surface area (Å²) in [6.07, 6.45) is 3.26. The van der Waals surface area contributed by atoms with Crippen LogP contribution in [0.2, 0.25) is 5.02 Å². The van der Waals surface area contributed by atoms with Gasteiger partial charge in [0.1, 0.15) is 0 Å². The van der Waals surface area contributed by atoms with Gasteiger partial charge in [-0.3, -0.25) is 4.79 Å². The Morgan fingerprint density at radius 1 is 1.36 bits per heavy atom. The molecular weight excluding hydrogens is 200 g/mol. The molecule has 2 nitrogen and oxygen atoms in total. The highest BCUT2D eigenvalue weighted by Crippen LogP contribution is 2.19. The fourth-order valence-electron chi connectivity index (χ4n) is 1.40. The molecular formula is C11H9ClO2. The van der Waals surface area contributed by atoms with Crippen molar-refractivity contribution >= 4 is 17.4 Å². The molecule has 0 amide bonds. The van der Waals surface area contributed by atoms with Crippen molar-refractivity contribution in [2.75, 3.05) is 6.61 Å². The van der Waals surface area contributed by atoms with E-state index in [1.54, 1.807) is 24.3 Å². The first-order valence-electron chi connectivity index (χ1n) is 4.34. The van der Waals surface area contributed by atoms with Gasteiger partial charge in [0.25, 0.3) is 0 Å². The van der Waals surface area contributed by atoms with Gasteiger partial charge >= 0.3 is 0 Å². The molecule has 1 heterocycles. The molecule has 0 aliphatic carbocycles. The third-order valence-corrected chi connectivity index (χ3v) is 2.31. The summed E-state index contributed by atoms with van der Waals surface area (Å²) in [5, 5.41) is 0.629. The number of carbonyl (C=O) groups is 1. The van der Waals surface area contributed by atoms with Crippen molar-refractivity contribution < 1.29 is 9.53 Å². The normalized spacial score (nSPS) is 18.2. The molecule has 1 aromatic carbocycles. The maximum absolute atomic E-state index is 11.6. The predicted octanol–water partition coefficient (Wildman–Crippen LogP) is 2.61. The highest BCUT2D eigenvalue weighted by atomic mass is 35.5. The number of allylic oxidation sites excluding steroid dienone is 1. The maximum atomic E-state index is 11.6. The summed E-state index contributed by atoms with van der Waals surface area (Å²) in [6, 6.07) is 5.22. The summed E-state index contributed by atoms with van der Waals surface area (Å²) in [4.78, 5) is 11.6. The lowest BCUT2D eigenvalue weighted by Gasteiger charge is -2.10. The summed E-state index contributed by atoms with van der Waals surface area (Å²) in [5.74, 6) is 0.0139. The van der Waals surface area contributed by atoms with Crippen LogP contribution in [0.25, 0.3) is 0 Å². The van der Waals surface area contributed by atoms with Crippen LogP contribution in [-0.2, 0) is 11.3 Å². The molecule has 0 aromatic heterocycles. The van der Waals surface area contributed by atoms with Crippen LogP contribution in [0.3, 0.4) is 0 Å². The van der Waals surface area contributed by atoms with Gasteiger partial charge in [0, 0.05) is 10.6 Å². The van der Waals surface area contributed by atoms with Gasteiger partial charge in [0.05, 0.1) is 13.2 Å². The van der Waals surface area contributed by atoms with Crippen LogP contribution in [0.15, 0.2) is 30.4 Å². The van der Waals surface area contributed by atoms with Crippen molar-refractivity contribution in [2.45, 2.75) is 6.61 Å². The third-order valence-electron chi connectivity index (χ3n) is 2.07. The number of rotatable bonds is 0. The second-order valence-electron chi connectivity index (χ2n) is 3.08. The number of hydrogen-bond acceptors (Lipinski definition) is 2. The summed E-state index contributed by atoms with van der Waals surface area (Å²) in [5.41, 5.74) is 1.53. The number of ketones is 1. The highest BCUT2D eigenvalue weighted by molar-refractivity contribution is 6.30. The monoisotopic (exact) mass is 208 g/mol. The summed E-state index contributed by atoms with van der Waals surface area (Å²) >= 11 is 5.83. The number of ether oxygens (including phenoxy) is 1. The second kappa shape index (κ2) is 3.95. The lowest BCUT2D eigenvalue weighted by molar-refractivity contribution is 0.102. The van der Waals surface area contributed by atoms with E-state index in [0.717, 1.165) is 5.56 Å². The fourth-order valence-corrected chi connectivity index (χ4v) is 1.60. The van der Waals surface area contributed by atoms with Crippen molar-refractivity contribution in [3.8, 4) is 0 Å². The Balaban J connectivity index is 2.48. The van der Waals surface area contributed by atoms with Gasteiger partial charge in [0.2, 0.25) is 0 Å². The first-order chi connectivity index (χ1) is 6.77. The van der Waals surface area contributed by atoms with E-state index >= 15 is 0 Å². The summed E-state index contributed by atoms with van der Waals surface area (Å²) in [6.45, 7) is 0.906. The molecule has 1 aromatic rings. The van der Waals surface area contributed by atoms with Crippen LogP contribution in [0.1, 0.15) is 15.9 Å². The van der Waals surface area contributed by atoms with Crippen molar-refractivity contribution in [1.29, 1.82) is 0 Å². The SMILES string of the molecule is O=C1/C=C\COCc2cc(Cl)ccc21. The van der Waals surface area contributed by atoms with E-state index in [1.165, 1.54) is 6.08 Å². The molecule has 14 heavy (non-hydrogen) atoms. The van der Waals surface area contributed by atoms with E-state index in [4.69, 9.17) is 16.3 Å². The lowest BCUT2D eigenvalue weighted by atomic mass is 10.0. The van der Waals surface area contributed by atoms with Crippen LogP contribution in [0.5, 0.6) is 0 Å². The summed E-state index contributed by atoms with van der Waals surface area (Å²) in [7, 11) is 0. The topological polar surface area (TPSA) is 26.3 Å². The Kier molecular flexibility index (Phi) is 2.66. The first-order valence-corrected chi connectivity index (χ1v) is 4.72. The molecule has 0 saturated carbocycles. The van der Waals surface area contributed by atoms with Gasteiger partial charge in [-0.1, -0.05) is 17.7 Å². The first kappa shape index (κ1) is 9.44. The van der Waals surface area contributed by atoms with Crippen molar-refractivity contribution in [2.24, 2.45) is 0 Å². The molecule has 72 valence electrons. The number of hydrogen-bond donors (Lipinski definition) is 0. The Bertz CT molecular complexity index is 396. The summed E-state index contributed by atoms with van der Waals surface area (Å²) < 4.78 is 5.31. The van der Waals surface area contributed by atoms with Crippen LogP contribution in [0.4, 0.5) is 0 Å². The van der Waals surface area contributed by atoms with E-state index in [-0.39, 0.29) is 5.78 Å². The van der Waals surface area contributed by atoms with Crippen molar-refractivity contribution in [3.05, 3.63) is 46.5 Å². The molecule has 0 atom stereocenters. The third kappa shape index (κ3) is 1.86. The van der Waals surface area contributed by atoms with Crippen LogP contribution < -0.4 is 0 Å². The van der Waals surface area contributed by atoms with E-state index in [1.807, 2.05) is 0 Å². The van der Waals surface area contributed by atoms with Crippen molar-refractivity contribution in [1.82, 2.24) is 0 Å². The standard InChI is InChI=1S/C11H9ClO2/c12-9-3-4-10-8(6-9)7-14-5-1-2-11(10)13/h1-4,6H,5,7H2/b2-1-. The number of fused-ring (bicyclic) bond motifs is 1. The van der Waals surface area contributed by atoms with Gasteiger partial charge in [-0.05, 0) is 29.8 Å². The van der Waals surface area contributed by atoms with Crippen molar-refractivity contribution in [3.63, 3.8) is 0 Å². The Morgan fingerprint density at radius 3 is 3.07 bits per heavy atom. The molecule has 2 rings (SSSR count). The quantitative estimate of drug-likeness (QED) is 0.655. The average Bonchev–Trinajstić information content (AvgIpc) is 2.14. The molecule has 0 N–H and O–H groups in total. The van der Waals surface area contributed by atoms with E-state index in [0.29, 0.717) is 23.8 Å². The van der Waals surface area contributed by atoms with Gasteiger partial charge in [-0.2, -0.15) is 0 Å². The lowest BCUT2D eigenvalue weighted by Crippen LogP contribution is -2.06. The van der Waals surface area contributed by atoms with Crippen LogP contribution in [-0.4, -0.2) is 12.4 Å². The molecule has 0 spiro atoms. The molecule has 0 unspecified atom stereocenters. The maximum Gasteiger partial charge on any atom is 0.185 e. The molecule has 1 aliphatic rings. The fraction of sp³-hybridized carbons (Fsp3) is 0.182. The molecule has 0 bridgehead atoms. The zero-order valence-corrected chi connectivity index (χ0v) is 8.25. The van der Waals surface area contributed by atoms with E-state index in [9.17, 15) is 4.79 Å². The number of benzene rings is 1. The Morgan fingerprint density at radius 2 is 2.21 bits per heavy atom. The molecule has 3 heteroatoms. The van der Waals surface area contributed by atoms with Crippen LogP contribution in [0, 0.1) is 0 Å². The van der Waals surface area contributed by atoms with E-state index < -0.39 is 0 Å². The minimum atomic E-state index is 0.0139. The van der Waals surface area contributed by atoms with Gasteiger partial charge in [-0.15, -0.1) is 0 Å². The Hall–Kier alpha value is -1.12. The van der Waals surface area contributed by atoms with E-state index in [2.05, 4.69) is 0 Å². The molecule has 1 aliphatic heterocycles. The highest BCUT2D eigenvalue weighted by Gasteiger charge is 2.11. The zero-order chi connectivity index (χ0) is 9.97. The predicted molar refractivity (Wildman–Crippen MR) is 54.6 cm³/mol. The smallest absolute Gasteiger partial charge is 0.185 e. The second-order valence-corrected chi connectivity index (χ2v) is 3.52. The molecule has 0 saturated heterocycles. The van der Waals surface area contributed by atoms with Crippen LogP contribution >= 0.6 is 11.6 Å². The number of carbonyl (C=O) groups excluding carboxylic acids is 1. The zero-order valence-electron chi connectivity index (χ0n) is 7.50. The Labute approximate surface area is 87.1 Å². The minimum Gasteiger partial charge on any atom is -0.373 e.